The summed E-state index contributed by atoms with van der Waals surface area (Å²) in [5, 5.41) is 0. The second kappa shape index (κ2) is 3.43. The fourth-order valence-electron chi connectivity index (χ4n) is 1.74. The third-order valence-corrected chi connectivity index (χ3v) is 2.67. The smallest absolute Gasteiger partial charge is 0.352 e. The van der Waals surface area contributed by atoms with Gasteiger partial charge < -0.3 is 4.42 Å². The second-order valence-electron chi connectivity index (χ2n) is 3.64. The molecule has 1 aliphatic rings. The minimum Gasteiger partial charge on any atom is -0.467 e. The molecule has 1 fully saturated rings. The summed E-state index contributed by atoms with van der Waals surface area (Å²) < 4.78 is 31.8. The Morgan fingerprint density at radius 1 is 1.69 bits per heavy atom. The standard InChI is InChI=1S/C11H11F2NO2/c1-3-7(2)14-9(8-5-4-6-16-8)11(12,13)10(14)15/h4-6,9H,2-3H2,1H3. The number of hydrogen-bond acceptors (Lipinski definition) is 2. The van der Waals surface area contributed by atoms with Crippen molar-refractivity contribution < 1.29 is 18.0 Å². The van der Waals surface area contributed by atoms with Crippen LogP contribution in [0.3, 0.4) is 0 Å². The number of halogens is 2. The number of carbonyl (C=O) groups is 1. The third-order valence-electron chi connectivity index (χ3n) is 2.67. The van der Waals surface area contributed by atoms with Crippen LogP contribution < -0.4 is 0 Å². The average molecular weight is 227 g/mol. The van der Waals surface area contributed by atoms with Crippen molar-refractivity contribution in [3.8, 4) is 0 Å². The van der Waals surface area contributed by atoms with Gasteiger partial charge in [-0.1, -0.05) is 13.5 Å². The first-order valence-corrected chi connectivity index (χ1v) is 4.92. The van der Waals surface area contributed by atoms with Crippen molar-refractivity contribution in [1.29, 1.82) is 0 Å². The minimum absolute atomic E-state index is 0.0826. The van der Waals surface area contributed by atoms with Gasteiger partial charge in [-0.25, -0.2) is 0 Å². The van der Waals surface area contributed by atoms with Gasteiger partial charge in [-0.3, -0.25) is 9.69 Å². The van der Waals surface area contributed by atoms with Crippen LogP contribution in [0.5, 0.6) is 0 Å². The number of β-lactam (4-membered cyclic amide) rings is 1. The van der Waals surface area contributed by atoms with Crippen LogP contribution in [0, 0.1) is 0 Å². The molecule has 1 atom stereocenters. The largest absolute Gasteiger partial charge is 0.467 e. The van der Waals surface area contributed by atoms with Gasteiger partial charge in [0.05, 0.1) is 6.26 Å². The van der Waals surface area contributed by atoms with Crippen LogP contribution in [-0.4, -0.2) is 16.7 Å². The van der Waals surface area contributed by atoms with Gasteiger partial charge in [-0.2, -0.15) is 8.78 Å². The van der Waals surface area contributed by atoms with E-state index in [1.165, 1.54) is 18.4 Å². The Labute approximate surface area is 91.3 Å². The molecule has 0 aromatic carbocycles. The summed E-state index contributed by atoms with van der Waals surface area (Å²) >= 11 is 0. The SMILES string of the molecule is C=C(CC)N1C(=O)C(F)(F)C1c1ccco1. The van der Waals surface area contributed by atoms with E-state index in [0.29, 0.717) is 12.1 Å². The van der Waals surface area contributed by atoms with E-state index >= 15 is 0 Å². The van der Waals surface area contributed by atoms with E-state index in [4.69, 9.17) is 4.42 Å². The minimum atomic E-state index is -3.39. The van der Waals surface area contributed by atoms with Gasteiger partial charge in [-0.05, 0) is 18.6 Å². The van der Waals surface area contributed by atoms with Crippen molar-refractivity contribution in [1.82, 2.24) is 4.90 Å². The maximum atomic E-state index is 13.4. The zero-order valence-electron chi connectivity index (χ0n) is 8.74. The lowest BCUT2D eigenvalue weighted by Gasteiger charge is -2.45. The molecular formula is C11H11F2NO2. The lowest BCUT2D eigenvalue weighted by molar-refractivity contribution is -0.202. The predicted octanol–water partition coefficient (Wildman–Crippen LogP) is 2.72. The molecule has 2 rings (SSSR count). The number of allylic oxidation sites excluding steroid dienone is 1. The molecule has 2 heterocycles. The molecule has 0 saturated carbocycles. The third kappa shape index (κ3) is 1.27. The molecular weight excluding hydrogens is 216 g/mol. The van der Waals surface area contributed by atoms with Gasteiger partial charge in [0.15, 0.2) is 6.04 Å². The molecule has 1 aromatic heterocycles. The number of rotatable bonds is 3. The number of amides is 1. The molecule has 1 saturated heterocycles. The molecule has 5 heteroatoms. The number of carbonyl (C=O) groups excluding carboxylic acids is 1. The molecule has 16 heavy (non-hydrogen) atoms. The van der Waals surface area contributed by atoms with Crippen molar-refractivity contribution >= 4 is 5.91 Å². The summed E-state index contributed by atoms with van der Waals surface area (Å²) in [7, 11) is 0. The topological polar surface area (TPSA) is 33.5 Å². The first-order valence-electron chi connectivity index (χ1n) is 4.92. The summed E-state index contributed by atoms with van der Waals surface area (Å²) in [6.07, 6.45) is 1.75. The Morgan fingerprint density at radius 2 is 2.38 bits per heavy atom. The zero-order chi connectivity index (χ0) is 11.9. The van der Waals surface area contributed by atoms with Crippen LogP contribution in [0.15, 0.2) is 35.1 Å². The van der Waals surface area contributed by atoms with Crippen molar-refractivity contribution in [2.75, 3.05) is 0 Å². The van der Waals surface area contributed by atoms with Crippen LogP contribution in [0.1, 0.15) is 25.1 Å². The molecule has 0 aliphatic carbocycles. The van der Waals surface area contributed by atoms with E-state index < -0.39 is 17.9 Å². The highest BCUT2D eigenvalue weighted by molar-refractivity contribution is 5.92. The highest BCUT2D eigenvalue weighted by Gasteiger charge is 2.65. The summed E-state index contributed by atoms with van der Waals surface area (Å²) in [5.41, 5.74) is 0.373. The monoisotopic (exact) mass is 227 g/mol. The first kappa shape index (κ1) is 10.9. The van der Waals surface area contributed by atoms with E-state index in [9.17, 15) is 13.6 Å². The fraction of sp³-hybridized carbons (Fsp3) is 0.364. The highest BCUT2D eigenvalue weighted by Crippen LogP contribution is 2.49. The lowest BCUT2D eigenvalue weighted by Crippen LogP contribution is -2.62. The Morgan fingerprint density at radius 3 is 2.88 bits per heavy atom. The normalized spacial score (nSPS) is 23.1. The summed E-state index contributed by atoms with van der Waals surface area (Å²) in [6, 6.07) is 1.60. The van der Waals surface area contributed by atoms with Crippen LogP contribution in [0.25, 0.3) is 0 Å². The Bertz CT molecular complexity index is 425. The van der Waals surface area contributed by atoms with Crippen LogP contribution in [0.4, 0.5) is 8.78 Å². The maximum absolute atomic E-state index is 13.4. The molecule has 86 valence electrons. The van der Waals surface area contributed by atoms with E-state index in [-0.39, 0.29) is 5.76 Å². The van der Waals surface area contributed by atoms with Crippen molar-refractivity contribution in [2.45, 2.75) is 25.3 Å². The molecule has 0 N–H and O–H groups in total. The molecule has 1 unspecified atom stereocenters. The second-order valence-corrected chi connectivity index (χ2v) is 3.64. The van der Waals surface area contributed by atoms with Crippen molar-refractivity contribution in [3.05, 3.63) is 36.4 Å². The van der Waals surface area contributed by atoms with Gasteiger partial charge >= 0.3 is 11.8 Å². The average Bonchev–Trinajstić information content (AvgIpc) is 2.76. The van der Waals surface area contributed by atoms with Crippen LogP contribution in [-0.2, 0) is 4.79 Å². The quantitative estimate of drug-likeness (QED) is 0.744. The Balaban J connectivity index is 2.34. The number of likely N-dealkylation sites (tertiary alicyclic amines) is 1. The fourth-order valence-corrected chi connectivity index (χ4v) is 1.74. The molecule has 1 aromatic rings. The van der Waals surface area contributed by atoms with Gasteiger partial charge in [0.25, 0.3) is 0 Å². The Kier molecular flexibility index (Phi) is 2.33. The van der Waals surface area contributed by atoms with E-state index in [1.807, 2.05) is 0 Å². The van der Waals surface area contributed by atoms with Gasteiger partial charge in [0.1, 0.15) is 5.76 Å². The molecule has 1 aliphatic heterocycles. The number of nitrogens with zero attached hydrogens (tertiary/aromatic N) is 1. The van der Waals surface area contributed by atoms with Crippen LogP contribution >= 0.6 is 0 Å². The van der Waals surface area contributed by atoms with Crippen molar-refractivity contribution in [3.63, 3.8) is 0 Å². The number of alkyl halides is 2. The highest BCUT2D eigenvalue weighted by atomic mass is 19.3. The van der Waals surface area contributed by atoms with E-state index in [2.05, 4.69) is 6.58 Å². The molecule has 0 bridgehead atoms. The Hall–Kier alpha value is -1.65. The van der Waals surface area contributed by atoms with Gasteiger partial charge in [0, 0.05) is 5.70 Å². The predicted molar refractivity (Wildman–Crippen MR) is 52.7 cm³/mol. The molecule has 3 nitrogen and oxygen atoms in total. The summed E-state index contributed by atoms with van der Waals surface area (Å²) in [5.74, 6) is -4.52. The number of furan rings is 1. The summed E-state index contributed by atoms with van der Waals surface area (Å²) in [4.78, 5) is 12.3. The van der Waals surface area contributed by atoms with Crippen molar-refractivity contribution in [2.24, 2.45) is 0 Å². The zero-order valence-corrected chi connectivity index (χ0v) is 8.74. The maximum Gasteiger partial charge on any atom is 0.352 e. The first-order chi connectivity index (χ1) is 7.50. The lowest BCUT2D eigenvalue weighted by atomic mass is 9.93. The summed E-state index contributed by atoms with van der Waals surface area (Å²) in [6.45, 7) is 5.36. The van der Waals surface area contributed by atoms with Gasteiger partial charge in [-0.15, -0.1) is 0 Å². The van der Waals surface area contributed by atoms with E-state index in [0.717, 1.165) is 4.90 Å². The number of hydrogen-bond donors (Lipinski definition) is 0. The molecule has 0 radical (unpaired) electrons. The van der Waals surface area contributed by atoms with Crippen LogP contribution in [0.2, 0.25) is 0 Å². The molecule has 1 amide bonds. The van der Waals surface area contributed by atoms with Gasteiger partial charge in [0.2, 0.25) is 0 Å². The van der Waals surface area contributed by atoms with E-state index in [1.54, 1.807) is 6.92 Å². The molecule has 0 spiro atoms.